The van der Waals surface area contributed by atoms with Gasteiger partial charge >= 0.3 is 6.18 Å². The summed E-state index contributed by atoms with van der Waals surface area (Å²) in [6.07, 6.45) is -0.306. The molecule has 0 bridgehead atoms. The topological polar surface area (TPSA) is 50.4 Å². The zero-order valence-corrected chi connectivity index (χ0v) is 12.3. The van der Waals surface area contributed by atoms with Crippen molar-refractivity contribution in [2.75, 3.05) is 13.2 Å². The van der Waals surface area contributed by atoms with Gasteiger partial charge in [-0.05, 0) is 52.0 Å². The van der Waals surface area contributed by atoms with E-state index in [2.05, 4.69) is 10.6 Å². The molecule has 1 aliphatic carbocycles. The lowest BCUT2D eigenvalue weighted by Crippen LogP contribution is -2.54. The molecule has 1 amide bonds. The van der Waals surface area contributed by atoms with Crippen LogP contribution in [0.25, 0.3) is 0 Å². The molecular formula is C14H23F3N2O2. The highest BCUT2D eigenvalue weighted by Gasteiger charge is 2.38. The Morgan fingerprint density at radius 3 is 2.76 bits per heavy atom. The Bertz CT molecular complexity index is 368. The predicted octanol–water partition coefficient (Wildman–Crippen LogP) is 2.13. The number of amides is 1. The van der Waals surface area contributed by atoms with Gasteiger partial charge < -0.3 is 15.4 Å². The monoisotopic (exact) mass is 308 g/mol. The number of carbonyl (C=O) groups excluding carboxylic acids is 1. The van der Waals surface area contributed by atoms with Crippen LogP contribution in [-0.4, -0.2) is 42.9 Å². The van der Waals surface area contributed by atoms with E-state index in [0.29, 0.717) is 12.8 Å². The maximum Gasteiger partial charge on any atom is 0.411 e. The van der Waals surface area contributed by atoms with Crippen molar-refractivity contribution in [1.82, 2.24) is 10.6 Å². The maximum absolute atomic E-state index is 12.3. The smallest absolute Gasteiger partial charge is 0.369 e. The summed E-state index contributed by atoms with van der Waals surface area (Å²) in [5.74, 6) is -0.0542. The van der Waals surface area contributed by atoms with Crippen molar-refractivity contribution in [2.24, 2.45) is 0 Å². The summed E-state index contributed by atoms with van der Waals surface area (Å²) >= 11 is 0. The molecule has 0 spiro atoms. The molecule has 0 aromatic heterocycles. The lowest BCUT2D eigenvalue weighted by atomic mass is 9.91. The summed E-state index contributed by atoms with van der Waals surface area (Å²) in [5.41, 5.74) is -0.542. The number of nitrogens with one attached hydrogen (secondary N) is 2. The van der Waals surface area contributed by atoms with E-state index in [1.165, 1.54) is 0 Å². The summed E-state index contributed by atoms with van der Waals surface area (Å²) in [7, 11) is 0. The van der Waals surface area contributed by atoms with Gasteiger partial charge in [-0.3, -0.25) is 4.79 Å². The SMILES string of the molecule is CC1(C(=O)NC2CCCC(OCC(F)(F)F)C2)CCCN1. The van der Waals surface area contributed by atoms with Gasteiger partial charge in [0.25, 0.3) is 0 Å². The van der Waals surface area contributed by atoms with Crippen LogP contribution in [0.1, 0.15) is 45.4 Å². The first-order chi connectivity index (χ1) is 9.78. The molecule has 1 saturated carbocycles. The largest absolute Gasteiger partial charge is 0.411 e. The molecule has 0 radical (unpaired) electrons. The second-order valence-electron chi connectivity index (χ2n) is 6.25. The van der Waals surface area contributed by atoms with Crippen LogP contribution in [0.2, 0.25) is 0 Å². The minimum absolute atomic E-state index is 0.0542. The maximum atomic E-state index is 12.3. The van der Waals surface area contributed by atoms with Gasteiger partial charge in [0, 0.05) is 6.04 Å². The van der Waals surface area contributed by atoms with Crippen molar-refractivity contribution in [1.29, 1.82) is 0 Å². The molecule has 7 heteroatoms. The second-order valence-corrected chi connectivity index (χ2v) is 6.25. The van der Waals surface area contributed by atoms with Crippen LogP contribution in [0, 0.1) is 0 Å². The first-order valence-electron chi connectivity index (χ1n) is 7.53. The molecule has 1 aliphatic heterocycles. The molecule has 0 aromatic carbocycles. The molecule has 3 unspecified atom stereocenters. The summed E-state index contributed by atoms with van der Waals surface area (Å²) in [6, 6.07) is -0.0938. The van der Waals surface area contributed by atoms with E-state index in [0.717, 1.165) is 32.2 Å². The van der Waals surface area contributed by atoms with Crippen molar-refractivity contribution in [3.05, 3.63) is 0 Å². The Morgan fingerprint density at radius 2 is 2.14 bits per heavy atom. The van der Waals surface area contributed by atoms with Gasteiger partial charge in [-0.15, -0.1) is 0 Å². The normalized spacial score (nSPS) is 33.9. The third kappa shape index (κ3) is 4.85. The van der Waals surface area contributed by atoms with Gasteiger partial charge in [-0.1, -0.05) is 0 Å². The number of halogens is 3. The standard InChI is InChI=1S/C14H23F3N2O2/c1-13(6-3-7-18-13)12(20)19-10-4-2-5-11(8-10)21-9-14(15,16)17/h10-11,18H,2-9H2,1H3,(H,19,20). The van der Waals surface area contributed by atoms with Crippen molar-refractivity contribution in [2.45, 2.75) is 69.3 Å². The van der Waals surface area contributed by atoms with Crippen molar-refractivity contribution in [3.63, 3.8) is 0 Å². The first kappa shape index (κ1) is 16.5. The molecule has 4 nitrogen and oxygen atoms in total. The van der Waals surface area contributed by atoms with Crippen molar-refractivity contribution >= 4 is 5.91 Å². The Labute approximate surface area is 122 Å². The van der Waals surface area contributed by atoms with Crippen LogP contribution in [0.4, 0.5) is 13.2 Å². The van der Waals surface area contributed by atoms with E-state index in [1.54, 1.807) is 0 Å². The quantitative estimate of drug-likeness (QED) is 0.836. The number of alkyl halides is 3. The van der Waals surface area contributed by atoms with Gasteiger partial charge in [0.15, 0.2) is 0 Å². The molecular weight excluding hydrogens is 285 g/mol. The minimum Gasteiger partial charge on any atom is -0.369 e. The van der Waals surface area contributed by atoms with Crippen LogP contribution >= 0.6 is 0 Å². The highest BCUT2D eigenvalue weighted by atomic mass is 19.4. The van der Waals surface area contributed by atoms with Crippen LogP contribution < -0.4 is 10.6 Å². The average molecular weight is 308 g/mol. The molecule has 2 rings (SSSR count). The highest BCUT2D eigenvalue weighted by Crippen LogP contribution is 2.25. The van der Waals surface area contributed by atoms with Gasteiger partial charge in [-0.25, -0.2) is 0 Å². The Balaban J connectivity index is 1.79. The van der Waals surface area contributed by atoms with E-state index in [4.69, 9.17) is 4.74 Å². The van der Waals surface area contributed by atoms with Gasteiger partial charge in [-0.2, -0.15) is 13.2 Å². The summed E-state index contributed by atoms with van der Waals surface area (Å²) in [6.45, 7) is 1.49. The number of carbonyl (C=O) groups is 1. The number of hydrogen-bond acceptors (Lipinski definition) is 3. The number of ether oxygens (including phenoxy) is 1. The van der Waals surface area contributed by atoms with Gasteiger partial charge in [0.2, 0.25) is 5.91 Å². The minimum atomic E-state index is -4.29. The van der Waals surface area contributed by atoms with Crippen LogP contribution in [0.5, 0.6) is 0 Å². The highest BCUT2D eigenvalue weighted by molar-refractivity contribution is 5.86. The van der Waals surface area contributed by atoms with Gasteiger partial charge in [0.1, 0.15) is 6.61 Å². The lowest BCUT2D eigenvalue weighted by Gasteiger charge is -2.32. The fourth-order valence-electron chi connectivity index (χ4n) is 3.07. The number of rotatable bonds is 4. The fourth-order valence-corrected chi connectivity index (χ4v) is 3.07. The summed E-state index contributed by atoms with van der Waals surface area (Å²) in [5, 5.41) is 6.15. The Morgan fingerprint density at radius 1 is 1.38 bits per heavy atom. The molecule has 2 aliphatic rings. The zero-order valence-electron chi connectivity index (χ0n) is 12.3. The van der Waals surface area contributed by atoms with Crippen LogP contribution in [0.15, 0.2) is 0 Å². The van der Waals surface area contributed by atoms with E-state index >= 15 is 0 Å². The third-order valence-electron chi connectivity index (χ3n) is 4.31. The van der Waals surface area contributed by atoms with E-state index < -0.39 is 24.4 Å². The molecule has 1 heterocycles. The summed E-state index contributed by atoms with van der Waals surface area (Å²) in [4.78, 5) is 12.3. The predicted molar refractivity (Wildman–Crippen MR) is 71.8 cm³/mol. The molecule has 2 N–H and O–H groups in total. The Kier molecular flexibility index (Phi) is 5.14. The van der Waals surface area contributed by atoms with E-state index in [-0.39, 0.29) is 11.9 Å². The average Bonchev–Trinajstić information content (AvgIpc) is 2.84. The number of hydrogen-bond donors (Lipinski definition) is 2. The second kappa shape index (κ2) is 6.52. The third-order valence-corrected chi connectivity index (χ3v) is 4.31. The zero-order chi connectivity index (χ0) is 15.5. The molecule has 1 saturated heterocycles. The molecule has 3 atom stereocenters. The summed E-state index contributed by atoms with van der Waals surface area (Å²) < 4.78 is 41.4. The molecule has 122 valence electrons. The Hall–Kier alpha value is -0.820. The van der Waals surface area contributed by atoms with Crippen LogP contribution in [-0.2, 0) is 9.53 Å². The lowest BCUT2D eigenvalue weighted by molar-refractivity contribution is -0.188. The van der Waals surface area contributed by atoms with Crippen molar-refractivity contribution < 1.29 is 22.7 Å². The molecule has 21 heavy (non-hydrogen) atoms. The molecule has 0 aromatic rings. The van der Waals surface area contributed by atoms with E-state index in [1.807, 2.05) is 6.92 Å². The van der Waals surface area contributed by atoms with Crippen LogP contribution in [0.3, 0.4) is 0 Å². The fraction of sp³-hybridized carbons (Fsp3) is 0.929. The first-order valence-corrected chi connectivity index (χ1v) is 7.53. The van der Waals surface area contributed by atoms with E-state index in [9.17, 15) is 18.0 Å². The van der Waals surface area contributed by atoms with Crippen molar-refractivity contribution in [3.8, 4) is 0 Å². The van der Waals surface area contributed by atoms with Gasteiger partial charge in [0.05, 0.1) is 11.6 Å². The molecule has 2 fully saturated rings.